The van der Waals surface area contributed by atoms with Crippen LogP contribution in [-0.4, -0.2) is 31.3 Å². The molecule has 0 fully saturated rings. The van der Waals surface area contributed by atoms with Gasteiger partial charge in [0.1, 0.15) is 5.52 Å². The second-order valence-electron chi connectivity index (χ2n) is 5.23. The molecule has 9 nitrogen and oxygen atoms in total. The van der Waals surface area contributed by atoms with Gasteiger partial charge in [-0.25, -0.2) is 5.43 Å². The predicted octanol–water partition coefficient (Wildman–Crippen LogP) is 2.86. The number of aromatic nitrogens is 4. The third kappa shape index (κ3) is 2.85. The van der Waals surface area contributed by atoms with Crippen LogP contribution in [0.2, 0.25) is 0 Å². The summed E-state index contributed by atoms with van der Waals surface area (Å²) in [7, 11) is 0. The molecule has 2 aromatic carbocycles. The van der Waals surface area contributed by atoms with Gasteiger partial charge in [-0.1, -0.05) is 30.3 Å². The number of hydrogen-bond acceptors (Lipinski definition) is 7. The first kappa shape index (κ1) is 14.7. The van der Waals surface area contributed by atoms with Crippen molar-refractivity contribution in [1.29, 1.82) is 0 Å². The Morgan fingerprint density at radius 3 is 2.92 bits per heavy atom. The van der Waals surface area contributed by atoms with E-state index in [1.807, 2.05) is 24.3 Å². The molecule has 9 heteroatoms. The summed E-state index contributed by atoms with van der Waals surface area (Å²) in [6.45, 7) is 0. The Hall–Kier alpha value is -3.88. The second-order valence-corrected chi connectivity index (χ2v) is 5.23. The fourth-order valence-electron chi connectivity index (χ4n) is 2.45. The van der Waals surface area contributed by atoms with Crippen LogP contribution in [0, 0.1) is 10.1 Å². The topological polar surface area (TPSA) is 122 Å². The molecule has 2 heterocycles. The van der Waals surface area contributed by atoms with Gasteiger partial charge in [0.05, 0.1) is 11.1 Å². The maximum atomic E-state index is 10.8. The van der Waals surface area contributed by atoms with Crippen LogP contribution in [0.5, 0.6) is 0 Å². The van der Waals surface area contributed by atoms with E-state index in [9.17, 15) is 10.1 Å². The van der Waals surface area contributed by atoms with Gasteiger partial charge in [-0.3, -0.25) is 10.1 Å². The number of anilines is 1. The molecule has 0 bridgehead atoms. The molecule has 122 valence electrons. The molecule has 4 rings (SSSR count). The van der Waals surface area contributed by atoms with Gasteiger partial charge in [0, 0.05) is 28.6 Å². The first-order valence-corrected chi connectivity index (χ1v) is 7.35. The number of benzene rings is 2. The van der Waals surface area contributed by atoms with Crippen molar-refractivity contribution in [2.75, 3.05) is 5.43 Å². The number of hydrogen-bond donors (Lipinski definition) is 2. The Balaban J connectivity index is 1.57. The summed E-state index contributed by atoms with van der Waals surface area (Å²) in [6, 6.07) is 13.9. The molecule has 0 unspecified atom stereocenters. The van der Waals surface area contributed by atoms with E-state index in [1.54, 1.807) is 12.1 Å². The van der Waals surface area contributed by atoms with Crippen molar-refractivity contribution in [3.8, 4) is 0 Å². The fraction of sp³-hybridized carbons (Fsp3) is 0. The lowest BCUT2D eigenvalue weighted by atomic mass is 10.2. The van der Waals surface area contributed by atoms with Crippen LogP contribution in [0.25, 0.3) is 22.1 Å². The van der Waals surface area contributed by atoms with E-state index in [0.717, 1.165) is 10.9 Å². The highest BCUT2D eigenvalue weighted by Crippen LogP contribution is 2.21. The number of fused-ring (bicyclic) bond motifs is 3. The molecule has 0 saturated heterocycles. The van der Waals surface area contributed by atoms with Crippen LogP contribution in [0.15, 0.2) is 53.6 Å². The first-order chi connectivity index (χ1) is 12.2. The monoisotopic (exact) mass is 333 g/mol. The Bertz CT molecular complexity index is 1120. The highest BCUT2D eigenvalue weighted by Gasteiger charge is 2.08. The molecule has 2 N–H and O–H groups in total. The van der Waals surface area contributed by atoms with Crippen LogP contribution >= 0.6 is 0 Å². The number of nitrogens with zero attached hydrogens (tertiary/aromatic N) is 5. The van der Waals surface area contributed by atoms with Crippen molar-refractivity contribution in [2.45, 2.75) is 0 Å². The number of para-hydroxylation sites is 1. The molecular formula is C16H11N7O2. The molecule has 0 spiro atoms. The maximum absolute atomic E-state index is 10.8. The average molecular weight is 333 g/mol. The summed E-state index contributed by atoms with van der Waals surface area (Å²) in [5, 5.41) is 23.9. The number of aromatic amines is 1. The lowest BCUT2D eigenvalue weighted by Crippen LogP contribution is -1.99. The lowest BCUT2D eigenvalue weighted by molar-refractivity contribution is -0.384. The molecule has 4 aromatic rings. The molecule has 0 radical (unpaired) electrons. The molecular weight excluding hydrogens is 322 g/mol. The van der Waals surface area contributed by atoms with Gasteiger partial charge in [-0.15, -0.1) is 10.2 Å². The van der Waals surface area contributed by atoms with Crippen LogP contribution in [-0.2, 0) is 0 Å². The van der Waals surface area contributed by atoms with Gasteiger partial charge in [0.15, 0.2) is 5.65 Å². The largest absolute Gasteiger partial charge is 0.338 e. The molecule has 0 saturated carbocycles. The zero-order valence-corrected chi connectivity index (χ0v) is 12.7. The summed E-state index contributed by atoms with van der Waals surface area (Å²) in [5.41, 5.74) is 5.47. The van der Waals surface area contributed by atoms with Crippen LogP contribution in [0.1, 0.15) is 5.56 Å². The summed E-state index contributed by atoms with van der Waals surface area (Å²) in [6.07, 6.45) is 1.45. The average Bonchev–Trinajstić information content (AvgIpc) is 3.00. The molecule has 0 amide bonds. The van der Waals surface area contributed by atoms with Gasteiger partial charge in [0.2, 0.25) is 0 Å². The van der Waals surface area contributed by atoms with Crippen molar-refractivity contribution in [3.63, 3.8) is 0 Å². The molecule has 0 atom stereocenters. The Labute approximate surface area is 140 Å². The third-order valence-corrected chi connectivity index (χ3v) is 3.58. The molecule has 0 aliphatic carbocycles. The molecule has 25 heavy (non-hydrogen) atoms. The standard InChI is InChI=1S/C16H11N7O2/c24-23(25)11-5-3-4-10(8-11)9-17-21-16-19-15-14(20-22-16)12-6-1-2-7-13(12)18-15/h1-9H,(H2,18,19,21,22). The SMILES string of the molecule is O=[N+]([O-])c1cccc(C=NNc2nnc3c(n2)[nH]c2ccccc23)c1. The zero-order valence-electron chi connectivity index (χ0n) is 12.7. The quantitative estimate of drug-likeness (QED) is 0.336. The Kier molecular flexibility index (Phi) is 3.51. The number of nitro groups is 1. The van der Waals surface area contributed by atoms with Gasteiger partial charge >= 0.3 is 0 Å². The van der Waals surface area contributed by atoms with E-state index in [0.29, 0.717) is 16.7 Å². The van der Waals surface area contributed by atoms with E-state index < -0.39 is 4.92 Å². The van der Waals surface area contributed by atoms with Crippen molar-refractivity contribution in [2.24, 2.45) is 5.10 Å². The van der Waals surface area contributed by atoms with Gasteiger partial charge in [-0.2, -0.15) is 10.1 Å². The maximum Gasteiger partial charge on any atom is 0.270 e. The van der Waals surface area contributed by atoms with Gasteiger partial charge in [0.25, 0.3) is 11.6 Å². The summed E-state index contributed by atoms with van der Waals surface area (Å²) in [4.78, 5) is 17.8. The number of nitrogens with one attached hydrogen (secondary N) is 2. The van der Waals surface area contributed by atoms with E-state index >= 15 is 0 Å². The van der Waals surface area contributed by atoms with E-state index in [2.05, 4.69) is 30.7 Å². The number of hydrazone groups is 1. The summed E-state index contributed by atoms with van der Waals surface area (Å²) in [5.74, 6) is 0.223. The molecule has 2 aromatic heterocycles. The van der Waals surface area contributed by atoms with E-state index in [4.69, 9.17) is 0 Å². The van der Waals surface area contributed by atoms with Gasteiger partial charge < -0.3 is 4.98 Å². The highest BCUT2D eigenvalue weighted by molar-refractivity contribution is 6.03. The molecule has 0 aliphatic heterocycles. The van der Waals surface area contributed by atoms with Crippen molar-refractivity contribution < 1.29 is 4.92 Å². The summed E-state index contributed by atoms with van der Waals surface area (Å²) >= 11 is 0. The summed E-state index contributed by atoms with van der Waals surface area (Å²) < 4.78 is 0. The molecule has 0 aliphatic rings. The Morgan fingerprint density at radius 2 is 2.04 bits per heavy atom. The van der Waals surface area contributed by atoms with Crippen molar-refractivity contribution >= 4 is 39.9 Å². The Morgan fingerprint density at radius 1 is 1.16 bits per heavy atom. The number of H-pyrrole nitrogens is 1. The van der Waals surface area contributed by atoms with Crippen LogP contribution in [0.4, 0.5) is 11.6 Å². The minimum absolute atomic E-state index is 0.00126. The lowest BCUT2D eigenvalue weighted by Gasteiger charge is -1.97. The first-order valence-electron chi connectivity index (χ1n) is 7.35. The zero-order chi connectivity index (χ0) is 17.2. The predicted molar refractivity (Wildman–Crippen MR) is 93.5 cm³/mol. The minimum Gasteiger partial charge on any atom is -0.338 e. The van der Waals surface area contributed by atoms with Crippen LogP contribution in [0.3, 0.4) is 0 Å². The van der Waals surface area contributed by atoms with E-state index in [-0.39, 0.29) is 11.6 Å². The highest BCUT2D eigenvalue weighted by atomic mass is 16.6. The fourth-order valence-corrected chi connectivity index (χ4v) is 2.45. The van der Waals surface area contributed by atoms with Crippen molar-refractivity contribution in [1.82, 2.24) is 20.2 Å². The second kappa shape index (κ2) is 5.96. The normalized spacial score (nSPS) is 11.4. The number of nitro benzene ring substituents is 1. The van der Waals surface area contributed by atoms with Crippen LogP contribution < -0.4 is 5.43 Å². The minimum atomic E-state index is -0.457. The number of rotatable bonds is 4. The number of non-ortho nitro benzene ring substituents is 1. The third-order valence-electron chi connectivity index (χ3n) is 3.58. The van der Waals surface area contributed by atoms with Crippen molar-refractivity contribution in [3.05, 3.63) is 64.2 Å². The van der Waals surface area contributed by atoms with E-state index in [1.165, 1.54) is 18.3 Å². The van der Waals surface area contributed by atoms with Gasteiger partial charge in [-0.05, 0) is 6.07 Å². The smallest absolute Gasteiger partial charge is 0.270 e.